The zero-order valence-electron chi connectivity index (χ0n) is 13.0. The number of methoxy groups -OCH3 is 1. The van der Waals surface area contributed by atoms with Gasteiger partial charge in [0.15, 0.2) is 5.69 Å². The number of nitrogens with zero attached hydrogens (tertiary/aromatic N) is 2. The second-order valence-corrected chi connectivity index (χ2v) is 5.99. The molecule has 0 aliphatic carbocycles. The van der Waals surface area contributed by atoms with Gasteiger partial charge >= 0.3 is 11.9 Å². The maximum Gasteiger partial charge on any atom is 0.354 e. The Kier molecular flexibility index (Phi) is 4.50. The van der Waals surface area contributed by atoms with E-state index in [0.29, 0.717) is 10.6 Å². The van der Waals surface area contributed by atoms with Crippen LogP contribution in [0.25, 0.3) is 0 Å². The molecule has 0 radical (unpaired) electrons. The lowest BCUT2D eigenvalue weighted by Crippen LogP contribution is -2.18. The molecule has 23 heavy (non-hydrogen) atoms. The fraction of sp³-hybridized carbons (Fsp3) is 0.286. The summed E-state index contributed by atoms with van der Waals surface area (Å²) >= 11 is 1.22. The van der Waals surface area contributed by atoms with E-state index in [2.05, 4.69) is 10.4 Å². The van der Waals surface area contributed by atoms with Gasteiger partial charge in [-0.15, -0.1) is 11.3 Å². The van der Waals surface area contributed by atoms with Crippen molar-refractivity contribution in [1.82, 2.24) is 9.78 Å². The second kappa shape index (κ2) is 6.21. The highest BCUT2D eigenvalue weighted by molar-refractivity contribution is 7.16. The van der Waals surface area contributed by atoms with Gasteiger partial charge in [0.25, 0.3) is 5.91 Å². The number of thiophene rings is 1. The third-order valence-corrected chi connectivity index (χ3v) is 4.51. The van der Waals surface area contributed by atoms with Gasteiger partial charge in [-0.05, 0) is 19.4 Å². The van der Waals surface area contributed by atoms with E-state index >= 15 is 0 Å². The average Bonchev–Trinajstić information content (AvgIpc) is 2.99. The van der Waals surface area contributed by atoms with Crippen molar-refractivity contribution in [3.8, 4) is 0 Å². The zero-order chi connectivity index (χ0) is 17.3. The van der Waals surface area contributed by atoms with Gasteiger partial charge in [-0.1, -0.05) is 0 Å². The quantitative estimate of drug-likeness (QED) is 0.824. The number of esters is 1. The van der Waals surface area contributed by atoms with Gasteiger partial charge in [-0.2, -0.15) is 5.10 Å². The van der Waals surface area contributed by atoms with Crippen LogP contribution in [-0.4, -0.2) is 39.8 Å². The summed E-state index contributed by atoms with van der Waals surface area (Å²) < 4.78 is 5.83. The molecule has 0 aliphatic heterocycles. The monoisotopic (exact) mass is 337 g/mol. The Balaban J connectivity index is 2.41. The molecule has 0 fully saturated rings. The highest BCUT2D eigenvalue weighted by Crippen LogP contribution is 2.33. The number of anilines is 1. The number of carbonyl (C=O) groups is 3. The molecule has 2 N–H and O–H groups in total. The summed E-state index contributed by atoms with van der Waals surface area (Å²) in [6.07, 6.45) is 1.17. The van der Waals surface area contributed by atoms with Crippen LogP contribution in [0, 0.1) is 13.8 Å². The van der Waals surface area contributed by atoms with E-state index in [1.807, 2.05) is 6.92 Å². The largest absolute Gasteiger partial charge is 0.477 e. The van der Waals surface area contributed by atoms with Crippen molar-refractivity contribution in [2.75, 3.05) is 12.4 Å². The number of carboxylic acid groups (broad SMARTS) is 1. The highest BCUT2D eigenvalue weighted by atomic mass is 32.1. The van der Waals surface area contributed by atoms with Crippen LogP contribution in [0.5, 0.6) is 0 Å². The van der Waals surface area contributed by atoms with Crippen molar-refractivity contribution < 1.29 is 24.2 Å². The van der Waals surface area contributed by atoms with Gasteiger partial charge < -0.3 is 15.2 Å². The predicted molar refractivity (Wildman–Crippen MR) is 83.3 cm³/mol. The number of amides is 1. The van der Waals surface area contributed by atoms with Crippen LogP contribution in [0.1, 0.15) is 41.6 Å². The molecule has 0 aromatic carbocycles. The molecule has 8 nitrogen and oxygen atoms in total. The second-order valence-electron chi connectivity index (χ2n) is 4.77. The van der Waals surface area contributed by atoms with E-state index in [4.69, 9.17) is 9.84 Å². The van der Waals surface area contributed by atoms with Crippen molar-refractivity contribution in [3.05, 3.63) is 33.5 Å². The maximum atomic E-state index is 12.4. The number of nitrogens with one attached hydrogen (secondary N) is 1. The summed E-state index contributed by atoms with van der Waals surface area (Å²) in [7, 11) is 2.68. The number of carbonyl (C=O) groups excluding carboxylic acids is 2. The van der Waals surface area contributed by atoms with Crippen molar-refractivity contribution >= 4 is 34.2 Å². The number of aryl methyl sites for hydroxylation is 2. The van der Waals surface area contributed by atoms with Crippen LogP contribution in [0.3, 0.4) is 0 Å². The minimum atomic E-state index is -1.26. The number of rotatable bonds is 4. The minimum absolute atomic E-state index is 0.0838. The smallest absolute Gasteiger partial charge is 0.354 e. The van der Waals surface area contributed by atoms with Crippen LogP contribution in [-0.2, 0) is 11.8 Å². The highest BCUT2D eigenvalue weighted by Gasteiger charge is 2.25. The molecule has 2 rings (SSSR count). The lowest BCUT2D eigenvalue weighted by atomic mass is 10.1. The van der Waals surface area contributed by atoms with Crippen LogP contribution in [0.2, 0.25) is 0 Å². The van der Waals surface area contributed by atoms with E-state index in [0.717, 1.165) is 9.56 Å². The fourth-order valence-corrected chi connectivity index (χ4v) is 3.13. The van der Waals surface area contributed by atoms with E-state index in [1.165, 1.54) is 31.7 Å². The van der Waals surface area contributed by atoms with Gasteiger partial charge in [0.2, 0.25) is 0 Å². The Morgan fingerprint density at radius 3 is 2.57 bits per heavy atom. The molecule has 0 aliphatic rings. The molecule has 2 aromatic heterocycles. The van der Waals surface area contributed by atoms with Gasteiger partial charge in [-0.3, -0.25) is 9.48 Å². The Labute approximate surface area is 135 Å². The molecular weight excluding hydrogens is 322 g/mol. The summed E-state index contributed by atoms with van der Waals surface area (Å²) in [5, 5.41) is 15.8. The predicted octanol–water partition coefficient (Wildman–Crippen LogP) is 1.84. The van der Waals surface area contributed by atoms with E-state index < -0.39 is 17.8 Å². The topological polar surface area (TPSA) is 111 Å². The van der Waals surface area contributed by atoms with Crippen molar-refractivity contribution in [2.24, 2.45) is 7.05 Å². The average molecular weight is 337 g/mol. The molecule has 1 amide bonds. The zero-order valence-corrected chi connectivity index (χ0v) is 13.8. The Morgan fingerprint density at radius 2 is 2.00 bits per heavy atom. The molecular formula is C14H15N3O5S. The molecule has 2 heterocycles. The van der Waals surface area contributed by atoms with Crippen LogP contribution in [0.15, 0.2) is 6.20 Å². The normalized spacial score (nSPS) is 10.4. The van der Waals surface area contributed by atoms with Crippen LogP contribution >= 0.6 is 11.3 Å². The van der Waals surface area contributed by atoms with Gasteiger partial charge in [0.05, 0.1) is 24.4 Å². The third kappa shape index (κ3) is 2.95. The number of aromatic nitrogens is 2. The van der Waals surface area contributed by atoms with Crippen molar-refractivity contribution in [1.29, 1.82) is 0 Å². The van der Waals surface area contributed by atoms with E-state index in [9.17, 15) is 14.4 Å². The molecule has 2 aromatic rings. The Morgan fingerprint density at radius 1 is 1.35 bits per heavy atom. The number of aromatic carboxylic acids is 1. The SMILES string of the molecule is COC(=O)c1c(NC(=O)c2cnn(C)c2C(=O)O)sc(C)c1C. The first-order chi connectivity index (χ1) is 10.8. The van der Waals surface area contributed by atoms with Crippen molar-refractivity contribution in [2.45, 2.75) is 13.8 Å². The summed E-state index contributed by atoms with van der Waals surface area (Å²) in [4.78, 5) is 36.3. The molecule has 0 unspecified atom stereocenters. The number of hydrogen-bond donors (Lipinski definition) is 2. The lowest BCUT2D eigenvalue weighted by Gasteiger charge is -2.06. The number of hydrogen-bond acceptors (Lipinski definition) is 6. The molecule has 0 atom stereocenters. The maximum absolute atomic E-state index is 12.4. The lowest BCUT2D eigenvalue weighted by molar-refractivity contribution is 0.0600. The first-order valence-electron chi connectivity index (χ1n) is 6.52. The van der Waals surface area contributed by atoms with Gasteiger partial charge in [-0.25, -0.2) is 9.59 Å². The first-order valence-corrected chi connectivity index (χ1v) is 7.34. The molecule has 0 bridgehead atoms. The standard InChI is InChI=1S/C14H15N3O5S/c1-6-7(2)23-12(9(6)14(21)22-4)16-11(18)8-5-15-17(3)10(8)13(19)20/h5H,1-4H3,(H,16,18)(H,19,20). The van der Waals surface area contributed by atoms with Gasteiger partial charge in [0.1, 0.15) is 5.00 Å². The summed E-state index contributed by atoms with van der Waals surface area (Å²) in [5.74, 6) is -2.48. The van der Waals surface area contributed by atoms with Crippen LogP contribution < -0.4 is 5.32 Å². The Hall–Kier alpha value is -2.68. The number of ether oxygens (including phenoxy) is 1. The number of carboxylic acids is 1. The van der Waals surface area contributed by atoms with Gasteiger partial charge in [0, 0.05) is 11.9 Å². The van der Waals surface area contributed by atoms with E-state index in [-0.39, 0.29) is 16.8 Å². The molecule has 0 spiro atoms. The molecule has 0 saturated heterocycles. The molecule has 9 heteroatoms. The summed E-state index contributed by atoms with van der Waals surface area (Å²) in [5.41, 5.74) is 0.664. The van der Waals surface area contributed by atoms with Crippen LogP contribution in [0.4, 0.5) is 5.00 Å². The molecule has 122 valence electrons. The summed E-state index contributed by atoms with van der Waals surface area (Å²) in [6, 6.07) is 0. The Bertz CT molecular complexity index is 806. The fourth-order valence-electron chi connectivity index (χ4n) is 2.09. The third-order valence-electron chi connectivity index (χ3n) is 3.39. The summed E-state index contributed by atoms with van der Waals surface area (Å²) in [6.45, 7) is 3.56. The minimum Gasteiger partial charge on any atom is -0.477 e. The first kappa shape index (κ1) is 16.7. The molecule has 0 saturated carbocycles. The van der Waals surface area contributed by atoms with Crippen molar-refractivity contribution in [3.63, 3.8) is 0 Å². The van der Waals surface area contributed by atoms with E-state index in [1.54, 1.807) is 6.92 Å².